The molecule has 0 N–H and O–H groups in total. The largest absolute Gasteiger partial charge is 0.345 e. The van der Waals surface area contributed by atoms with Crippen molar-refractivity contribution < 1.29 is 13.2 Å². The lowest BCUT2D eigenvalue weighted by Crippen LogP contribution is -2.51. The van der Waals surface area contributed by atoms with Crippen LogP contribution in [0.15, 0.2) is 61.4 Å². The van der Waals surface area contributed by atoms with Crippen LogP contribution in [0.5, 0.6) is 0 Å². The van der Waals surface area contributed by atoms with Gasteiger partial charge in [0.15, 0.2) is 0 Å². The molecule has 0 unspecified atom stereocenters. The van der Waals surface area contributed by atoms with E-state index in [2.05, 4.69) is 6.58 Å². The number of benzene rings is 1. The Balaban J connectivity index is 2.09. The summed E-state index contributed by atoms with van der Waals surface area (Å²) in [6, 6.07) is 11.4. The summed E-state index contributed by atoms with van der Waals surface area (Å²) in [5.74, 6) is 0.263. The standard InChI is InChI=1S/C14H13N3O3S/c1-2-15-13-9-6-10-16(13)21(19,20)17(14(15)18)11-12-7-4-3-5-8-12/h2-10H,1,11H2. The molecule has 1 aliphatic heterocycles. The van der Waals surface area contributed by atoms with Gasteiger partial charge in [-0.1, -0.05) is 36.9 Å². The highest BCUT2D eigenvalue weighted by molar-refractivity contribution is 7.88. The number of urea groups is 1. The third-order valence-electron chi connectivity index (χ3n) is 3.24. The second-order valence-electron chi connectivity index (χ2n) is 4.50. The molecular weight excluding hydrogens is 290 g/mol. The number of anilines is 1. The van der Waals surface area contributed by atoms with Gasteiger partial charge in [0.05, 0.1) is 6.54 Å². The summed E-state index contributed by atoms with van der Waals surface area (Å²) in [5, 5.41) is 0. The summed E-state index contributed by atoms with van der Waals surface area (Å²) in [4.78, 5) is 13.6. The minimum Gasteiger partial charge on any atom is -0.253 e. The van der Waals surface area contributed by atoms with E-state index in [4.69, 9.17) is 0 Å². The Morgan fingerprint density at radius 1 is 1.10 bits per heavy atom. The molecule has 0 saturated carbocycles. The van der Waals surface area contributed by atoms with Gasteiger partial charge in [-0.15, -0.1) is 0 Å². The van der Waals surface area contributed by atoms with Crippen LogP contribution >= 0.6 is 0 Å². The molecule has 21 heavy (non-hydrogen) atoms. The van der Waals surface area contributed by atoms with E-state index in [-0.39, 0.29) is 12.4 Å². The first-order valence-electron chi connectivity index (χ1n) is 6.26. The van der Waals surface area contributed by atoms with Gasteiger partial charge in [0.1, 0.15) is 5.82 Å². The smallest absolute Gasteiger partial charge is 0.253 e. The molecule has 3 rings (SSSR count). The molecule has 1 aliphatic rings. The van der Waals surface area contributed by atoms with Crippen molar-refractivity contribution in [1.82, 2.24) is 8.28 Å². The van der Waals surface area contributed by atoms with Crippen LogP contribution in [0.2, 0.25) is 0 Å². The molecule has 1 aromatic heterocycles. The van der Waals surface area contributed by atoms with E-state index < -0.39 is 16.2 Å². The van der Waals surface area contributed by atoms with Crippen LogP contribution in [0.25, 0.3) is 0 Å². The van der Waals surface area contributed by atoms with Gasteiger partial charge in [-0.2, -0.15) is 12.7 Å². The van der Waals surface area contributed by atoms with Gasteiger partial charge in [0, 0.05) is 12.4 Å². The van der Waals surface area contributed by atoms with Crippen LogP contribution in [0.4, 0.5) is 10.6 Å². The molecule has 0 aliphatic carbocycles. The molecule has 0 fully saturated rings. The molecule has 0 saturated heterocycles. The molecule has 0 spiro atoms. The number of aromatic nitrogens is 1. The highest BCUT2D eigenvalue weighted by Crippen LogP contribution is 2.28. The normalized spacial score (nSPS) is 16.7. The molecule has 0 atom stereocenters. The van der Waals surface area contributed by atoms with Gasteiger partial charge < -0.3 is 0 Å². The van der Waals surface area contributed by atoms with Crippen molar-refractivity contribution in [2.24, 2.45) is 0 Å². The third kappa shape index (κ3) is 2.02. The molecule has 0 bridgehead atoms. The Labute approximate surface area is 122 Å². The molecule has 0 radical (unpaired) electrons. The van der Waals surface area contributed by atoms with E-state index in [1.807, 2.05) is 6.07 Å². The van der Waals surface area contributed by atoms with Crippen molar-refractivity contribution in [1.29, 1.82) is 0 Å². The minimum absolute atomic E-state index is 0.0238. The SMILES string of the molecule is C=CN1C(=O)N(Cc2ccccc2)S(=O)(=O)n2cccc21. The summed E-state index contributed by atoms with van der Waals surface area (Å²) in [5.41, 5.74) is 0.731. The molecule has 108 valence electrons. The van der Waals surface area contributed by atoms with Crippen molar-refractivity contribution in [2.45, 2.75) is 6.54 Å². The van der Waals surface area contributed by atoms with Gasteiger partial charge in [-0.25, -0.2) is 8.77 Å². The molecule has 6 nitrogen and oxygen atoms in total. The van der Waals surface area contributed by atoms with Gasteiger partial charge in [0.25, 0.3) is 0 Å². The second-order valence-corrected chi connectivity index (χ2v) is 6.23. The number of rotatable bonds is 3. The van der Waals surface area contributed by atoms with Crippen molar-refractivity contribution in [3.63, 3.8) is 0 Å². The Kier molecular flexibility index (Phi) is 3.06. The molecule has 1 aromatic carbocycles. The highest BCUT2D eigenvalue weighted by Gasteiger charge is 2.39. The molecular formula is C14H13N3O3S. The van der Waals surface area contributed by atoms with Crippen LogP contribution in [0.1, 0.15) is 5.56 Å². The zero-order valence-corrected chi connectivity index (χ0v) is 11.9. The zero-order chi connectivity index (χ0) is 15.0. The predicted octanol–water partition coefficient (Wildman–Crippen LogP) is 2.17. The van der Waals surface area contributed by atoms with E-state index in [1.54, 1.807) is 36.4 Å². The van der Waals surface area contributed by atoms with Gasteiger partial charge in [-0.3, -0.25) is 4.90 Å². The van der Waals surface area contributed by atoms with Crippen LogP contribution in [-0.2, 0) is 16.8 Å². The fraction of sp³-hybridized carbons (Fsp3) is 0.0714. The maximum absolute atomic E-state index is 12.5. The third-order valence-corrected chi connectivity index (χ3v) is 4.89. The molecule has 2 amide bonds. The predicted molar refractivity (Wildman–Crippen MR) is 78.8 cm³/mol. The molecule has 2 heterocycles. The number of hydrogen-bond acceptors (Lipinski definition) is 3. The number of carbonyl (C=O) groups is 1. The molecule has 2 aromatic rings. The summed E-state index contributed by atoms with van der Waals surface area (Å²) >= 11 is 0. The number of fused-ring (bicyclic) bond motifs is 1. The topological polar surface area (TPSA) is 62.6 Å². The summed E-state index contributed by atoms with van der Waals surface area (Å²) < 4.78 is 27.0. The van der Waals surface area contributed by atoms with Gasteiger partial charge in [0.2, 0.25) is 0 Å². The lowest BCUT2D eigenvalue weighted by atomic mass is 10.2. The van der Waals surface area contributed by atoms with Crippen LogP contribution in [0, 0.1) is 0 Å². The fourth-order valence-electron chi connectivity index (χ4n) is 2.23. The highest BCUT2D eigenvalue weighted by atomic mass is 32.2. The van der Waals surface area contributed by atoms with Crippen LogP contribution < -0.4 is 4.90 Å². The Morgan fingerprint density at radius 2 is 1.81 bits per heavy atom. The van der Waals surface area contributed by atoms with Crippen LogP contribution in [0.3, 0.4) is 0 Å². The van der Waals surface area contributed by atoms with Gasteiger partial charge >= 0.3 is 16.2 Å². The number of nitrogens with zero attached hydrogens (tertiary/aromatic N) is 3. The van der Waals surface area contributed by atoms with E-state index in [0.717, 1.165) is 13.8 Å². The van der Waals surface area contributed by atoms with Crippen molar-refractivity contribution in [3.05, 3.63) is 67.0 Å². The maximum Gasteiger partial charge on any atom is 0.345 e. The summed E-state index contributed by atoms with van der Waals surface area (Å²) in [7, 11) is -3.92. The zero-order valence-electron chi connectivity index (χ0n) is 11.1. The average Bonchev–Trinajstić information content (AvgIpc) is 2.96. The molecule has 7 heteroatoms. The van der Waals surface area contributed by atoms with E-state index in [0.29, 0.717) is 0 Å². The Morgan fingerprint density at radius 3 is 2.48 bits per heavy atom. The van der Waals surface area contributed by atoms with E-state index in [9.17, 15) is 13.2 Å². The minimum atomic E-state index is -3.92. The van der Waals surface area contributed by atoms with E-state index >= 15 is 0 Å². The Hall–Kier alpha value is -2.54. The quantitative estimate of drug-likeness (QED) is 0.873. The lowest BCUT2D eigenvalue weighted by molar-refractivity contribution is 0.228. The van der Waals surface area contributed by atoms with Crippen molar-refractivity contribution in [2.75, 3.05) is 4.90 Å². The number of hydrogen-bond donors (Lipinski definition) is 0. The number of carbonyl (C=O) groups excluding carboxylic acids is 1. The lowest BCUT2D eigenvalue weighted by Gasteiger charge is -2.33. The summed E-state index contributed by atoms with van der Waals surface area (Å²) in [6.07, 6.45) is 2.71. The van der Waals surface area contributed by atoms with Crippen molar-refractivity contribution in [3.8, 4) is 0 Å². The first-order valence-corrected chi connectivity index (χ1v) is 7.65. The van der Waals surface area contributed by atoms with Gasteiger partial charge in [-0.05, 0) is 17.7 Å². The first kappa shape index (κ1) is 13.4. The summed E-state index contributed by atoms with van der Waals surface area (Å²) in [6.45, 7) is 3.55. The first-order chi connectivity index (χ1) is 10.1. The number of amides is 2. The average molecular weight is 303 g/mol. The maximum atomic E-state index is 12.5. The van der Waals surface area contributed by atoms with Crippen molar-refractivity contribution >= 4 is 22.1 Å². The van der Waals surface area contributed by atoms with E-state index in [1.165, 1.54) is 17.3 Å². The monoisotopic (exact) mass is 303 g/mol. The second kappa shape index (κ2) is 4.78. The fourth-order valence-corrected chi connectivity index (χ4v) is 3.65. The Bertz CT molecular complexity index is 796. The van der Waals surface area contributed by atoms with Crippen LogP contribution in [-0.4, -0.2) is 22.7 Å².